The molecule has 1 atom stereocenters. The second-order valence-corrected chi connectivity index (χ2v) is 6.83. The Hall–Kier alpha value is -2.84. The van der Waals surface area contributed by atoms with Gasteiger partial charge < -0.3 is 19.7 Å². The molecule has 9 heteroatoms. The molecule has 0 aliphatic heterocycles. The molecule has 0 aromatic heterocycles. The number of carbonyl (C=O) groups excluding carboxylic acids is 1. The van der Waals surface area contributed by atoms with E-state index in [0.29, 0.717) is 11.6 Å². The van der Waals surface area contributed by atoms with E-state index in [0.717, 1.165) is 5.56 Å². The smallest absolute Gasteiger partial charge is 0.286 e. The number of nitro groups is 1. The van der Waals surface area contributed by atoms with Gasteiger partial charge in [-0.2, -0.15) is 0 Å². The van der Waals surface area contributed by atoms with Crippen molar-refractivity contribution in [3.8, 4) is 11.5 Å². The van der Waals surface area contributed by atoms with E-state index in [1.54, 1.807) is 13.0 Å². The van der Waals surface area contributed by atoms with Crippen molar-refractivity contribution in [1.82, 2.24) is 10.2 Å². The van der Waals surface area contributed by atoms with Crippen molar-refractivity contribution < 1.29 is 19.2 Å². The summed E-state index contributed by atoms with van der Waals surface area (Å²) in [6.45, 7) is 2.30. The minimum Gasteiger partial charge on any atom is -0.493 e. The number of nitrogens with zero attached hydrogens (tertiary/aromatic N) is 2. The molecule has 2 aromatic rings. The molecule has 0 heterocycles. The van der Waals surface area contributed by atoms with E-state index in [4.69, 9.17) is 21.1 Å². The lowest BCUT2D eigenvalue weighted by Gasteiger charge is -2.26. The van der Waals surface area contributed by atoms with E-state index in [2.05, 4.69) is 5.32 Å². The summed E-state index contributed by atoms with van der Waals surface area (Å²) in [7, 11) is 5.11. The van der Waals surface area contributed by atoms with Crippen LogP contribution in [0.5, 0.6) is 11.5 Å². The lowest BCUT2D eigenvalue weighted by atomic mass is 10.1. The highest BCUT2D eigenvalue weighted by Crippen LogP contribution is 2.35. The van der Waals surface area contributed by atoms with Crippen LogP contribution in [0, 0.1) is 10.1 Å². The summed E-state index contributed by atoms with van der Waals surface area (Å²) in [6.07, 6.45) is 0. The third-order valence-electron chi connectivity index (χ3n) is 4.37. The van der Waals surface area contributed by atoms with Crippen LogP contribution in [0.3, 0.4) is 0 Å². The monoisotopic (exact) mass is 421 g/mol. The van der Waals surface area contributed by atoms with Gasteiger partial charge in [0, 0.05) is 17.6 Å². The number of ether oxygens (including phenoxy) is 2. The number of likely N-dealkylation sites (N-methyl/N-ethyl adjacent to an activating group) is 1. The Kier molecular flexibility index (Phi) is 7.81. The van der Waals surface area contributed by atoms with Crippen LogP contribution in [0.25, 0.3) is 0 Å². The van der Waals surface area contributed by atoms with Gasteiger partial charge in [0.2, 0.25) is 0 Å². The molecule has 1 N–H and O–H groups in total. The molecule has 0 spiro atoms. The van der Waals surface area contributed by atoms with Crippen LogP contribution in [0.1, 0.15) is 28.9 Å². The lowest BCUT2D eigenvalue weighted by Crippen LogP contribution is -2.35. The van der Waals surface area contributed by atoms with Crippen molar-refractivity contribution in [2.24, 2.45) is 0 Å². The van der Waals surface area contributed by atoms with E-state index in [-0.39, 0.29) is 35.3 Å². The molecule has 8 nitrogen and oxygen atoms in total. The number of carbonyl (C=O) groups is 1. The van der Waals surface area contributed by atoms with Gasteiger partial charge in [-0.05, 0) is 32.6 Å². The molecule has 0 bridgehead atoms. The Bertz CT molecular complexity index is 888. The van der Waals surface area contributed by atoms with Crippen LogP contribution >= 0.6 is 11.6 Å². The summed E-state index contributed by atoms with van der Waals surface area (Å²) in [5.74, 6) is -0.127. The second kappa shape index (κ2) is 10.1. The fourth-order valence-electron chi connectivity index (χ4n) is 2.91. The van der Waals surface area contributed by atoms with E-state index >= 15 is 0 Å². The average molecular weight is 422 g/mol. The first kappa shape index (κ1) is 22.4. The molecular weight excluding hydrogens is 398 g/mol. The van der Waals surface area contributed by atoms with E-state index in [9.17, 15) is 14.9 Å². The number of nitrogens with one attached hydrogen (secondary N) is 1. The van der Waals surface area contributed by atoms with Crippen molar-refractivity contribution in [1.29, 1.82) is 0 Å². The Morgan fingerprint density at radius 3 is 2.52 bits per heavy atom. The Morgan fingerprint density at radius 2 is 1.97 bits per heavy atom. The second-order valence-electron chi connectivity index (χ2n) is 6.42. The molecule has 2 aromatic carbocycles. The van der Waals surface area contributed by atoms with Gasteiger partial charge in [-0.1, -0.05) is 29.8 Å². The van der Waals surface area contributed by atoms with Crippen LogP contribution in [0.2, 0.25) is 5.02 Å². The number of benzene rings is 2. The summed E-state index contributed by atoms with van der Waals surface area (Å²) >= 11 is 6.29. The van der Waals surface area contributed by atoms with Gasteiger partial charge in [-0.3, -0.25) is 14.9 Å². The number of halogens is 1. The maximum atomic E-state index is 12.8. The van der Waals surface area contributed by atoms with Gasteiger partial charge in [0.05, 0.1) is 30.7 Å². The number of hydrogen-bond donors (Lipinski definition) is 1. The molecule has 0 radical (unpaired) electrons. The largest absolute Gasteiger partial charge is 0.493 e. The molecule has 0 aliphatic carbocycles. The van der Waals surface area contributed by atoms with Gasteiger partial charge in [0.25, 0.3) is 11.6 Å². The zero-order chi connectivity index (χ0) is 21.6. The number of amides is 1. The highest BCUT2D eigenvalue weighted by molar-refractivity contribution is 6.31. The minimum absolute atomic E-state index is 0.101. The van der Waals surface area contributed by atoms with Crippen LogP contribution in [0.15, 0.2) is 36.4 Å². The Morgan fingerprint density at radius 1 is 1.28 bits per heavy atom. The quantitative estimate of drug-likeness (QED) is 0.490. The van der Waals surface area contributed by atoms with E-state index < -0.39 is 10.8 Å². The molecule has 0 aliphatic rings. The van der Waals surface area contributed by atoms with Crippen LogP contribution < -0.4 is 14.8 Å². The minimum atomic E-state index is -0.620. The van der Waals surface area contributed by atoms with E-state index in [1.165, 1.54) is 19.2 Å². The summed E-state index contributed by atoms with van der Waals surface area (Å²) < 4.78 is 10.6. The average Bonchev–Trinajstić information content (AvgIpc) is 2.68. The summed E-state index contributed by atoms with van der Waals surface area (Å²) in [4.78, 5) is 25.6. The third-order valence-corrected chi connectivity index (χ3v) is 4.71. The number of rotatable bonds is 9. The van der Waals surface area contributed by atoms with Crippen molar-refractivity contribution in [3.63, 3.8) is 0 Å². The first-order valence-electron chi connectivity index (χ1n) is 8.98. The van der Waals surface area contributed by atoms with Crippen molar-refractivity contribution in [2.75, 3.05) is 34.4 Å². The summed E-state index contributed by atoms with van der Waals surface area (Å²) in [6, 6.07) is 9.65. The predicted molar refractivity (Wildman–Crippen MR) is 111 cm³/mol. The van der Waals surface area contributed by atoms with Crippen LogP contribution in [-0.2, 0) is 0 Å². The normalized spacial score (nSPS) is 11.8. The highest BCUT2D eigenvalue weighted by Gasteiger charge is 2.26. The van der Waals surface area contributed by atoms with Gasteiger partial charge in [0.15, 0.2) is 11.5 Å². The first-order valence-corrected chi connectivity index (χ1v) is 9.36. The zero-order valence-corrected chi connectivity index (χ0v) is 17.5. The SMILES string of the molecule is CCOc1cc(C(=O)NC[C@H](c2ccccc2Cl)N(C)C)c([N+](=O)[O-])cc1OC. The zero-order valence-electron chi connectivity index (χ0n) is 16.8. The molecule has 1 amide bonds. The first-order chi connectivity index (χ1) is 13.8. The van der Waals surface area contributed by atoms with Gasteiger partial charge in [-0.15, -0.1) is 0 Å². The molecule has 0 saturated carbocycles. The Balaban J connectivity index is 2.32. The number of hydrogen-bond acceptors (Lipinski definition) is 6. The van der Waals surface area contributed by atoms with Crippen molar-refractivity contribution in [2.45, 2.75) is 13.0 Å². The molecule has 2 rings (SSSR count). The predicted octanol–water partition coefficient (Wildman–Crippen LogP) is 3.69. The fraction of sp³-hybridized carbons (Fsp3) is 0.350. The summed E-state index contributed by atoms with van der Waals surface area (Å²) in [5.41, 5.74) is 0.386. The molecule has 29 heavy (non-hydrogen) atoms. The van der Waals surface area contributed by atoms with E-state index in [1.807, 2.05) is 37.2 Å². The topological polar surface area (TPSA) is 93.9 Å². The molecule has 0 unspecified atom stereocenters. The Labute approximate surface area is 174 Å². The number of nitro benzene ring substituents is 1. The third kappa shape index (κ3) is 5.36. The maximum absolute atomic E-state index is 12.8. The summed E-state index contributed by atoms with van der Waals surface area (Å²) in [5, 5.41) is 14.8. The maximum Gasteiger partial charge on any atom is 0.286 e. The fourth-order valence-corrected chi connectivity index (χ4v) is 3.17. The van der Waals surface area contributed by atoms with Crippen molar-refractivity contribution in [3.05, 3.63) is 62.7 Å². The standard InChI is InChI=1S/C20H24ClN3O5/c1-5-29-19-10-14(16(24(26)27)11-18(19)28-4)20(25)22-12-17(23(2)3)13-8-6-7-9-15(13)21/h6-11,17H,5,12H2,1-4H3,(H,22,25)/t17-/m1/s1. The molecule has 0 fully saturated rings. The van der Waals surface area contributed by atoms with Crippen molar-refractivity contribution >= 4 is 23.2 Å². The van der Waals surface area contributed by atoms with Crippen LogP contribution in [0.4, 0.5) is 5.69 Å². The molecule has 0 saturated heterocycles. The molecular formula is C20H24ClN3O5. The van der Waals surface area contributed by atoms with Crippen LogP contribution in [-0.4, -0.2) is 50.1 Å². The number of methoxy groups -OCH3 is 1. The lowest BCUT2D eigenvalue weighted by molar-refractivity contribution is -0.385. The van der Waals surface area contributed by atoms with Gasteiger partial charge in [0.1, 0.15) is 5.56 Å². The van der Waals surface area contributed by atoms with Gasteiger partial charge >= 0.3 is 0 Å². The highest BCUT2D eigenvalue weighted by atomic mass is 35.5. The molecule has 156 valence electrons. The van der Waals surface area contributed by atoms with Gasteiger partial charge in [-0.25, -0.2) is 0 Å².